The quantitative estimate of drug-likeness (QED) is 0.257. The highest BCUT2D eigenvalue weighted by molar-refractivity contribution is 7.20. The summed E-state index contributed by atoms with van der Waals surface area (Å²) in [6.07, 6.45) is 0. The molecule has 9 rings (SSSR count). The van der Waals surface area contributed by atoms with Crippen molar-refractivity contribution in [2.75, 3.05) is 0 Å². The Bertz CT molecular complexity index is 2230. The molecule has 0 bridgehead atoms. The lowest BCUT2D eigenvalue weighted by Crippen LogP contribution is -2.76. The van der Waals surface area contributed by atoms with Crippen LogP contribution in [-0.4, -0.2) is 27.8 Å². The van der Waals surface area contributed by atoms with Gasteiger partial charge in [0, 0.05) is 10.8 Å². The lowest BCUT2D eigenvalue weighted by atomic mass is 10.2. The van der Waals surface area contributed by atoms with Crippen LogP contribution in [0, 0.1) is 0 Å². The van der Waals surface area contributed by atoms with Crippen LogP contribution in [0.3, 0.4) is 0 Å². The van der Waals surface area contributed by atoms with Crippen LogP contribution in [0.4, 0.5) is 0 Å². The number of nitrogens with one attached hydrogen (secondary N) is 1. The summed E-state index contributed by atoms with van der Waals surface area (Å²) in [6.45, 7) is 0. The molecule has 3 heterocycles. The van der Waals surface area contributed by atoms with Gasteiger partial charge < -0.3 is 4.74 Å². The minimum absolute atomic E-state index is 0.599. The lowest BCUT2D eigenvalue weighted by molar-refractivity contribution is 0.488. The van der Waals surface area contributed by atoms with E-state index >= 15 is 0 Å². The zero-order chi connectivity index (χ0) is 29.1. The molecule has 44 heavy (non-hydrogen) atoms. The molecule has 0 saturated heterocycles. The van der Waals surface area contributed by atoms with Crippen molar-refractivity contribution in [2.24, 2.45) is 0 Å². The monoisotopic (exact) mass is 582 g/mol. The van der Waals surface area contributed by atoms with Crippen LogP contribution in [0.1, 0.15) is 0 Å². The third-order valence-corrected chi connectivity index (χ3v) is 13.7. The predicted octanol–water partition coefficient (Wildman–Crippen LogP) is 6.05. The van der Waals surface area contributed by atoms with E-state index in [1.807, 2.05) is 0 Å². The number of fused-ring (bicyclic) bond motifs is 5. The smallest absolute Gasteiger partial charge is 0.231 e. The van der Waals surface area contributed by atoms with Gasteiger partial charge >= 0.3 is 0 Å². The summed E-state index contributed by atoms with van der Waals surface area (Å²) in [7, 11) is -2.76. The van der Waals surface area contributed by atoms with E-state index in [-0.39, 0.29) is 0 Å². The number of para-hydroxylation sites is 4. The van der Waals surface area contributed by atoms with Crippen molar-refractivity contribution in [3.63, 3.8) is 0 Å². The molecule has 1 N–H and O–H groups in total. The van der Waals surface area contributed by atoms with Gasteiger partial charge in [0.2, 0.25) is 5.95 Å². The molecule has 2 aromatic heterocycles. The van der Waals surface area contributed by atoms with Gasteiger partial charge in [-0.3, -0.25) is 4.57 Å². The number of hydrogen-bond acceptors (Lipinski definition) is 3. The second-order valence-corrected chi connectivity index (χ2v) is 14.8. The highest BCUT2D eigenvalue weighted by atomic mass is 28.3. The Morgan fingerprint density at radius 2 is 1.11 bits per heavy atom. The molecule has 0 atom stereocenters. The molecule has 0 fully saturated rings. The molecule has 6 aromatic carbocycles. The maximum absolute atomic E-state index is 6.84. The minimum atomic E-state index is -2.76. The molecule has 0 spiro atoms. The van der Waals surface area contributed by atoms with Crippen molar-refractivity contribution >= 4 is 50.6 Å². The highest BCUT2D eigenvalue weighted by Gasteiger charge is 2.48. The first kappa shape index (κ1) is 24.8. The van der Waals surface area contributed by atoms with E-state index in [0.717, 1.165) is 28.1 Å². The van der Waals surface area contributed by atoms with Crippen LogP contribution in [0.5, 0.6) is 11.5 Å². The molecule has 6 heteroatoms. The van der Waals surface area contributed by atoms with Crippen molar-refractivity contribution in [1.29, 1.82) is 0 Å². The van der Waals surface area contributed by atoms with E-state index in [0.29, 0.717) is 11.8 Å². The zero-order valence-corrected chi connectivity index (χ0v) is 24.7. The molecular formula is C38H26N4OSi. The maximum Gasteiger partial charge on any atom is 0.231 e. The number of hydrogen-bond donors (Lipinski definition) is 1. The summed E-state index contributed by atoms with van der Waals surface area (Å²) in [5, 5.41) is 15.5. The van der Waals surface area contributed by atoms with Crippen LogP contribution < -0.4 is 25.5 Å². The van der Waals surface area contributed by atoms with Gasteiger partial charge in [-0.2, -0.15) is 10.1 Å². The third kappa shape index (κ3) is 3.46. The number of benzene rings is 6. The number of ether oxygens (including phenoxy) is 1. The third-order valence-electron chi connectivity index (χ3n) is 8.84. The minimum Gasteiger partial charge on any atom is -0.457 e. The first-order chi connectivity index (χ1) is 21.8. The number of aromatic amines is 1. The molecule has 0 aliphatic carbocycles. The maximum atomic E-state index is 6.84. The molecular weight excluding hydrogens is 557 g/mol. The van der Waals surface area contributed by atoms with E-state index in [9.17, 15) is 0 Å². The SMILES string of the molecule is c1ccc([Si]2(c3ccccc3)c3ccccc3Oc3c(-c4n[nH]c(-n5c6ccccc6c6ccccc65)n4)cccc32)cc1. The van der Waals surface area contributed by atoms with Gasteiger partial charge in [-0.05, 0) is 45.0 Å². The van der Waals surface area contributed by atoms with Gasteiger partial charge in [-0.25, -0.2) is 5.10 Å². The van der Waals surface area contributed by atoms with Gasteiger partial charge in [0.15, 0.2) is 13.9 Å². The average molecular weight is 583 g/mol. The highest BCUT2D eigenvalue weighted by Crippen LogP contribution is 2.37. The van der Waals surface area contributed by atoms with Gasteiger partial charge in [-0.15, -0.1) is 0 Å². The largest absolute Gasteiger partial charge is 0.457 e. The molecule has 5 nitrogen and oxygen atoms in total. The van der Waals surface area contributed by atoms with Crippen LogP contribution in [0.2, 0.25) is 0 Å². The van der Waals surface area contributed by atoms with E-state index < -0.39 is 8.07 Å². The van der Waals surface area contributed by atoms with Crippen molar-refractivity contribution in [3.05, 3.63) is 152 Å². The van der Waals surface area contributed by atoms with Crippen molar-refractivity contribution in [1.82, 2.24) is 19.7 Å². The summed E-state index contributed by atoms with van der Waals surface area (Å²) in [4.78, 5) is 5.11. The van der Waals surface area contributed by atoms with Crippen molar-refractivity contribution in [3.8, 4) is 28.8 Å². The fourth-order valence-corrected chi connectivity index (χ4v) is 12.0. The zero-order valence-electron chi connectivity index (χ0n) is 23.7. The lowest BCUT2D eigenvalue weighted by Gasteiger charge is -2.40. The van der Waals surface area contributed by atoms with E-state index in [1.54, 1.807) is 0 Å². The number of H-pyrrole nitrogens is 1. The fraction of sp³-hybridized carbons (Fsp3) is 0. The summed E-state index contributed by atoms with van der Waals surface area (Å²) in [6, 6.07) is 53.6. The molecule has 0 amide bonds. The standard InChI is InChI=1S/C38H26N4OSi/c1-3-14-26(15-4-1)44(27-16-5-2-6-17-27)34-24-12-11-23-33(34)43-36-30(20-13-25-35(36)44)37-39-38(41-40-37)42-31-21-9-7-18-28(31)29-19-8-10-22-32(29)42/h1-25H,(H,39,40,41). The Labute approximate surface area is 255 Å². The molecule has 8 aromatic rings. The summed E-state index contributed by atoms with van der Waals surface area (Å²) < 4.78 is 8.99. The molecule has 1 aliphatic heterocycles. The second-order valence-electron chi connectivity index (χ2n) is 11.1. The Balaban J connectivity index is 1.30. The van der Waals surface area contributed by atoms with Crippen LogP contribution in [0.25, 0.3) is 39.1 Å². The van der Waals surface area contributed by atoms with Crippen LogP contribution in [-0.2, 0) is 0 Å². The Kier molecular flexibility index (Phi) is 5.45. The number of nitrogens with zero attached hydrogens (tertiary/aromatic N) is 3. The normalized spacial score (nSPS) is 13.4. The van der Waals surface area contributed by atoms with E-state index in [1.165, 1.54) is 31.5 Å². The first-order valence-corrected chi connectivity index (χ1v) is 16.8. The van der Waals surface area contributed by atoms with Gasteiger partial charge in [0.25, 0.3) is 0 Å². The van der Waals surface area contributed by atoms with E-state index in [2.05, 4.69) is 161 Å². The Morgan fingerprint density at radius 3 is 1.80 bits per heavy atom. The summed E-state index contributed by atoms with van der Waals surface area (Å²) >= 11 is 0. The Morgan fingerprint density at radius 1 is 0.545 bits per heavy atom. The second kappa shape index (κ2) is 9.66. The van der Waals surface area contributed by atoms with Crippen LogP contribution in [0.15, 0.2) is 152 Å². The van der Waals surface area contributed by atoms with Gasteiger partial charge in [-0.1, -0.05) is 127 Å². The summed E-state index contributed by atoms with van der Waals surface area (Å²) in [5.74, 6) is 2.96. The fourth-order valence-electron chi connectivity index (χ4n) is 7.03. The average Bonchev–Trinajstić information content (AvgIpc) is 3.71. The topological polar surface area (TPSA) is 55.7 Å². The molecule has 0 unspecified atom stereocenters. The number of rotatable bonds is 4. The molecule has 208 valence electrons. The van der Waals surface area contributed by atoms with E-state index in [4.69, 9.17) is 14.8 Å². The van der Waals surface area contributed by atoms with Gasteiger partial charge in [0.05, 0.1) is 16.6 Å². The molecule has 0 radical (unpaired) electrons. The van der Waals surface area contributed by atoms with Gasteiger partial charge in [0.1, 0.15) is 11.5 Å². The first-order valence-electron chi connectivity index (χ1n) is 14.8. The van der Waals surface area contributed by atoms with Crippen LogP contribution >= 0.6 is 0 Å². The Hall–Kier alpha value is -5.72. The predicted molar refractivity (Wildman–Crippen MR) is 180 cm³/mol. The van der Waals surface area contributed by atoms with Crippen molar-refractivity contribution in [2.45, 2.75) is 0 Å². The number of aromatic nitrogens is 4. The summed E-state index contributed by atoms with van der Waals surface area (Å²) in [5.41, 5.74) is 3.02. The molecule has 1 aliphatic rings. The van der Waals surface area contributed by atoms with Crippen molar-refractivity contribution < 1.29 is 4.74 Å². The molecule has 0 saturated carbocycles.